The quantitative estimate of drug-likeness (QED) is 0.641. The van der Waals surface area contributed by atoms with Crippen molar-refractivity contribution in [2.45, 2.75) is 12.8 Å². The lowest BCUT2D eigenvalue weighted by atomic mass is 10.1. The molecule has 0 aliphatic heterocycles. The van der Waals surface area contributed by atoms with Gasteiger partial charge in [0.2, 0.25) is 0 Å². The number of ether oxygens (including phenoxy) is 1. The third kappa shape index (κ3) is 5.20. The summed E-state index contributed by atoms with van der Waals surface area (Å²) in [7, 11) is 0. The molecule has 0 spiro atoms. The maximum atomic E-state index is 11.6. The molecule has 0 fully saturated rings. The van der Waals surface area contributed by atoms with Crippen LogP contribution in [0.25, 0.3) is 0 Å². The Hall–Kier alpha value is -2.20. The first-order valence-corrected chi connectivity index (χ1v) is 5.90. The first kappa shape index (κ1) is 15.9. The topological polar surface area (TPSA) is 56.3 Å². The van der Waals surface area contributed by atoms with Gasteiger partial charge < -0.3 is 4.74 Å². The van der Waals surface area contributed by atoms with Gasteiger partial charge in [0.05, 0.1) is 12.8 Å². The van der Waals surface area contributed by atoms with Crippen molar-refractivity contribution in [3.8, 4) is 0 Å². The van der Waals surface area contributed by atoms with E-state index in [1.165, 1.54) is 0 Å². The van der Waals surface area contributed by atoms with E-state index < -0.39 is 11.9 Å². The molecule has 2 aromatic rings. The fourth-order valence-corrected chi connectivity index (χ4v) is 1.63. The number of carbonyl (C=O) groups is 2. The molecule has 0 unspecified atom stereocenters. The molecule has 1 heterocycles. The molecule has 0 radical (unpaired) electrons. The Morgan fingerprint density at radius 1 is 0.850 bits per heavy atom. The van der Waals surface area contributed by atoms with Gasteiger partial charge in [0.15, 0.2) is 0 Å². The zero-order chi connectivity index (χ0) is 13.5. The molecule has 1 aromatic carbocycles. The minimum absolute atomic E-state index is 0. The lowest BCUT2D eigenvalue weighted by Gasteiger charge is -2.03. The zero-order valence-electron chi connectivity index (χ0n) is 10.7. The van der Waals surface area contributed by atoms with Gasteiger partial charge in [-0.3, -0.25) is 14.6 Å². The van der Waals surface area contributed by atoms with Crippen LogP contribution in [0.5, 0.6) is 0 Å². The molecule has 0 aliphatic rings. The number of rotatable bonds is 4. The molecule has 1 aromatic heterocycles. The Labute approximate surface area is 123 Å². The highest BCUT2D eigenvalue weighted by Gasteiger charge is 2.11. The van der Waals surface area contributed by atoms with Gasteiger partial charge >= 0.3 is 11.9 Å². The molecular weight excluding hydrogens is 278 g/mol. The minimum Gasteiger partial charge on any atom is -0.393 e. The van der Waals surface area contributed by atoms with Crippen LogP contribution in [0.3, 0.4) is 0 Å². The summed E-state index contributed by atoms with van der Waals surface area (Å²) in [5.41, 5.74) is 1.59. The van der Waals surface area contributed by atoms with Crippen LogP contribution in [0.4, 0.5) is 0 Å². The highest BCUT2D eigenvalue weighted by Crippen LogP contribution is 2.03. The van der Waals surface area contributed by atoms with E-state index in [9.17, 15) is 9.59 Å². The van der Waals surface area contributed by atoms with Gasteiger partial charge in [-0.15, -0.1) is 12.4 Å². The first-order valence-electron chi connectivity index (χ1n) is 5.90. The number of nitrogens with zero attached hydrogens (tertiary/aromatic N) is 1. The van der Waals surface area contributed by atoms with Crippen molar-refractivity contribution in [3.05, 3.63) is 66.0 Å². The smallest absolute Gasteiger partial charge is 0.317 e. The SMILES string of the molecule is Cl.O=C(Cc1ccccc1)OC(=O)Cc1ccncc1. The van der Waals surface area contributed by atoms with Crippen LogP contribution >= 0.6 is 12.4 Å². The molecule has 5 heteroatoms. The molecule has 0 aliphatic carbocycles. The van der Waals surface area contributed by atoms with Crippen LogP contribution in [-0.4, -0.2) is 16.9 Å². The summed E-state index contributed by atoms with van der Waals surface area (Å²) >= 11 is 0. The van der Waals surface area contributed by atoms with Gasteiger partial charge in [0.1, 0.15) is 0 Å². The van der Waals surface area contributed by atoms with Crippen molar-refractivity contribution in [1.82, 2.24) is 4.98 Å². The highest BCUT2D eigenvalue weighted by atomic mass is 35.5. The zero-order valence-corrected chi connectivity index (χ0v) is 11.5. The van der Waals surface area contributed by atoms with Crippen LogP contribution in [0.1, 0.15) is 11.1 Å². The lowest BCUT2D eigenvalue weighted by Crippen LogP contribution is -2.16. The van der Waals surface area contributed by atoms with Gasteiger partial charge in [0.25, 0.3) is 0 Å². The second kappa shape index (κ2) is 8.07. The predicted octanol–water partition coefficient (Wildman–Crippen LogP) is 2.36. The van der Waals surface area contributed by atoms with E-state index in [0.717, 1.165) is 11.1 Å². The molecule has 0 bridgehead atoms. The Balaban J connectivity index is 0.00000200. The third-order valence-corrected chi connectivity index (χ3v) is 2.52. The first-order chi connectivity index (χ1) is 9.24. The number of aromatic nitrogens is 1. The van der Waals surface area contributed by atoms with E-state index in [2.05, 4.69) is 4.98 Å². The van der Waals surface area contributed by atoms with Gasteiger partial charge in [-0.1, -0.05) is 30.3 Å². The number of esters is 2. The van der Waals surface area contributed by atoms with E-state index >= 15 is 0 Å². The summed E-state index contributed by atoms with van der Waals surface area (Å²) in [4.78, 5) is 27.0. The highest BCUT2D eigenvalue weighted by molar-refractivity contribution is 5.87. The summed E-state index contributed by atoms with van der Waals surface area (Å²) in [6, 6.07) is 12.6. The summed E-state index contributed by atoms with van der Waals surface area (Å²) in [6.45, 7) is 0. The van der Waals surface area contributed by atoms with E-state index in [1.54, 1.807) is 24.5 Å². The molecule has 0 atom stereocenters. The second-order valence-corrected chi connectivity index (χ2v) is 4.04. The normalized spacial score (nSPS) is 9.40. The number of pyridine rings is 1. The molecular formula is C15H14ClNO3. The van der Waals surface area contributed by atoms with Crippen molar-refractivity contribution in [1.29, 1.82) is 0 Å². The van der Waals surface area contributed by atoms with Gasteiger partial charge in [0, 0.05) is 12.4 Å². The van der Waals surface area contributed by atoms with E-state index in [4.69, 9.17) is 4.74 Å². The Bertz CT molecular complexity index is 506. The maximum Gasteiger partial charge on any atom is 0.317 e. The van der Waals surface area contributed by atoms with Crippen LogP contribution in [0.15, 0.2) is 54.9 Å². The molecule has 4 nitrogen and oxygen atoms in total. The van der Waals surface area contributed by atoms with E-state index in [1.807, 2.05) is 30.3 Å². The summed E-state index contributed by atoms with van der Waals surface area (Å²) in [5.74, 6) is -1.09. The van der Waals surface area contributed by atoms with Gasteiger partial charge in [-0.05, 0) is 23.3 Å². The van der Waals surface area contributed by atoms with Crippen molar-refractivity contribution in [3.63, 3.8) is 0 Å². The molecule has 0 saturated carbocycles. The van der Waals surface area contributed by atoms with Crippen LogP contribution < -0.4 is 0 Å². The number of benzene rings is 1. The van der Waals surface area contributed by atoms with E-state index in [0.29, 0.717) is 0 Å². The second-order valence-electron chi connectivity index (χ2n) is 4.04. The van der Waals surface area contributed by atoms with Crippen LogP contribution in [0.2, 0.25) is 0 Å². The number of halogens is 1. The lowest BCUT2D eigenvalue weighted by molar-refractivity contribution is -0.158. The average Bonchev–Trinajstić information content (AvgIpc) is 2.40. The fraction of sp³-hybridized carbons (Fsp3) is 0.133. The fourth-order valence-electron chi connectivity index (χ4n) is 1.63. The molecule has 0 amide bonds. The average molecular weight is 292 g/mol. The minimum atomic E-state index is -0.549. The number of hydrogen-bond donors (Lipinski definition) is 0. The largest absolute Gasteiger partial charge is 0.393 e. The Kier molecular flexibility index (Phi) is 6.40. The summed E-state index contributed by atoms with van der Waals surface area (Å²) in [5, 5.41) is 0. The van der Waals surface area contributed by atoms with Gasteiger partial charge in [-0.2, -0.15) is 0 Å². The summed E-state index contributed by atoms with van der Waals surface area (Å²) in [6.07, 6.45) is 3.36. The molecule has 2 rings (SSSR count). The molecule has 0 saturated heterocycles. The van der Waals surface area contributed by atoms with Gasteiger partial charge in [-0.25, -0.2) is 0 Å². The van der Waals surface area contributed by atoms with Crippen LogP contribution in [0, 0.1) is 0 Å². The van der Waals surface area contributed by atoms with Crippen LogP contribution in [-0.2, 0) is 27.2 Å². The standard InChI is InChI=1S/C15H13NO3.ClH/c17-14(10-12-4-2-1-3-5-12)19-15(18)11-13-6-8-16-9-7-13;/h1-9H,10-11H2;1H. The number of hydrogen-bond acceptors (Lipinski definition) is 4. The Morgan fingerprint density at radius 2 is 1.35 bits per heavy atom. The summed E-state index contributed by atoms with van der Waals surface area (Å²) < 4.78 is 4.76. The van der Waals surface area contributed by atoms with Crippen molar-refractivity contribution >= 4 is 24.3 Å². The van der Waals surface area contributed by atoms with Crippen molar-refractivity contribution in [2.75, 3.05) is 0 Å². The Morgan fingerprint density at radius 3 is 1.90 bits per heavy atom. The third-order valence-electron chi connectivity index (χ3n) is 2.52. The maximum absolute atomic E-state index is 11.6. The monoisotopic (exact) mass is 291 g/mol. The molecule has 20 heavy (non-hydrogen) atoms. The molecule has 0 N–H and O–H groups in total. The predicted molar refractivity (Wildman–Crippen MR) is 76.4 cm³/mol. The van der Waals surface area contributed by atoms with E-state index in [-0.39, 0.29) is 25.2 Å². The number of carbonyl (C=O) groups excluding carboxylic acids is 2. The van der Waals surface area contributed by atoms with Crippen molar-refractivity contribution in [2.24, 2.45) is 0 Å². The van der Waals surface area contributed by atoms with Crippen molar-refractivity contribution < 1.29 is 14.3 Å². The molecule has 104 valence electrons.